The van der Waals surface area contributed by atoms with Crippen molar-refractivity contribution >= 4 is 11.6 Å². The first-order valence-corrected chi connectivity index (χ1v) is 7.28. The highest BCUT2D eigenvalue weighted by molar-refractivity contribution is 6.30. The molecular weight excluding hydrogens is 281 g/mol. The van der Waals surface area contributed by atoms with Crippen molar-refractivity contribution in [3.63, 3.8) is 0 Å². The third-order valence-corrected chi connectivity index (χ3v) is 4.67. The van der Waals surface area contributed by atoms with E-state index in [1.807, 2.05) is 0 Å². The number of aliphatic hydroxyl groups is 1. The van der Waals surface area contributed by atoms with Crippen molar-refractivity contribution in [2.45, 2.75) is 43.3 Å². The summed E-state index contributed by atoms with van der Waals surface area (Å²) in [5.41, 5.74) is 5.83. The zero-order chi connectivity index (χ0) is 14.8. The third kappa shape index (κ3) is 2.98. The van der Waals surface area contributed by atoms with Crippen molar-refractivity contribution in [3.8, 4) is 0 Å². The second-order valence-electron chi connectivity index (χ2n) is 5.50. The second-order valence-corrected chi connectivity index (χ2v) is 5.90. The summed E-state index contributed by atoms with van der Waals surface area (Å²) in [6.07, 6.45) is 2.68. The van der Waals surface area contributed by atoms with Gasteiger partial charge in [-0.05, 0) is 30.9 Å². The summed E-state index contributed by atoms with van der Waals surface area (Å²) in [5.74, 6) is -0.968. The van der Waals surface area contributed by atoms with E-state index in [4.69, 9.17) is 22.1 Å². The molecule has 2 rings (SSSR count). The largest absolute Gasteiger partial charge is 0.392 e. The monoisotopic (exact) mass is 301 g/mol. The highest BCUT2D eigenvalue weighted by atomic mass is 35.5. The predicted octanol–water partition coefficient (Wildman–Crippen LogP) is 2.84. The van der Waals surface area contributed by atoms with E-state index < -0.39 is 17.8 Å². The van der Waals surface area contributed by atoms with E-state index >= 15 is 0 Å². The number of halogens is 2. The summed E-state index contributed by atoms with van der Waals surface area (Å²) in [4.78, 5) is 0. The molecule has 0 spiro atoms. The molecule has 0 aromatic heterocycles. The van der Waals surface area contributed by atoms with Crippen LogP contribution in [-0.2, 0) is 4.74 Å². The van der Waals surface area contributed by atoms with E-state index in [1.54, 1.807) is 19.2 Å². The minimum Gasteiger partial charge on any atom is -0.392 e. The summed E-state index contributed by atoms with van der Waals surface area (Å²) >= 11 is 5.80. The summed E-state index contributed by atoms with van der Waals surface area (Å²) < 4.78 is 19.6. The number of benzene rings is 1. The Kier molecular flexibility index (Phi) is 5.02. The molecule has 3 nitrogen and oxygen atoms in total. The molecule has 2 unspecified atom stereocenters. The number of aliphatic hydroxyl groups excluding tert-OH is 1. The molecule has 1 aliphatic carbocycles. The first-order valence-electron chi connectivity index (χ1n) is 6.90. The average molecular weight is 302 g/mol. The van der Waals surface area contributed by atoms with Crippen LogP contribution in [0.25, 0.3) is 0 Å². The molecule has 112 valence electrons. The van der Waals surface area contributed by atoms with Crippen LogP contribution >= 0.6 is 11.6 Å². The minimum atomic E-state index is -0.742. The number of rotatable bonds is 6. The van der Waals surface area contributed by atoms with Gasteiger partial charge in [0.15, 0.2) is 0 Å². The van der Waals surface area contributed by atoms with Crippen LogP contribution in [0.15, 0.2) is 18.2 Å². The Hall–Kier alpha value is -0.680. The van der Waals surface area contributed by atoms with Crippen LogP contribution in [0.2, 0.25) is 5.02 Å². The molecule has 1 aromatic rings. The van der Waals surface area contributed by atoms with E-state index in [0.717, 1.165) is 19.3 Å². The molecule has 5 heteroatoms. The second kappa shape index (κ2) is 6.39. The Bertz CT molecular complexity index is 460. The van der Waals surface area contributed by atoms with Crippen LogP contribution in [0.1, 0.15) is 37.2 Å². The van der Waals surface area contributed by atoms with Gasteiger partial charge in [0.2, 0.25) is 0 Å². The maximum absolute atomic E-state index is 14.1. The Morgan fingerprint density at radius 2 is 2.20 bits per heavy atom. The number of hydrogen-bond donors (Lipinski definition) is 2. The lowest BCUT2D eigenvalue weighted by Crippen LogP contribution is -2.44. The zero-order valence-corrected chi connectivity index (χ0v) is 12.4. The molecule has 2 atom stereocenters. The normalized spacial score (nSPS) is 20.2. The lowest BCUT2D eigenvalue weighted by atomic mass is 9.73. The van der Waals surface area contributed by atoms with Crippen LogP contribution in [0.3, 0.4) is 0 Å². The quantitative estimate of drug-likeness (QED) is 0.849. The standard InChI is InChI=1S/C15H21ClFNO2/c1-20-15(6-3-7-15)8-13(19)11(9-18)10-4-2-5-12(16)14(10)17/h2,4-5,11,13,19H,3,6-9,18H2,1H3. The number of nitrogens with two attached hydrogens (primary N) is 1. The van der Waals surface area contributed by atoms with E-state index in [-0.39, 0.29) is 17.2 Å². The SMILES string of the molecule is COC1(CC(O)C(CN)c2cccc(Cl)c2F)CCC1. The summed E-state index contributed by atoms with van der Waals surface area (Å²) in [5, 5.41) is 10.5. The fourth-order valence-corrected chi connectivity index (χ4v) is 3.07. The van der Waals surface area contributed by atoms with Crippen molar-refractivity contribution in [3.05, 3.63) is 34.6 Å². The Balaban J connectivity index is 2.17. The van der Waals surface area contributed by atoms with E-state index in [0.29, 0.717) is 12.0 Å². The number of hydrogen-bond acceptors (Lipinski definition) is 3. The average Bonchev–Trinajstić information content (AvgIpc) is 2.39. The van der Waals surface area contributed by atoms with Crippen molar-refractivity contribution < 1.29 is 14.2 Å². The Morgan fingerprint density at radius 3 is 2.70 bits per heavy atom. The topological polar surface area (TPSA) is 55.5 Å². The van der Waals surface area contributed by atoms with Gasteiger partial charge in [-0.15, -0.1) is 0 Å². The van der Waals surface area contributed by atoms with Gasteiger partial charge in [-0.1, -0.05) is 23.7 Å². The molecule has 1 aromatic carbocycles. The van der Waals surface area contributed by atoms with Gasteiger partial charge < -0.3 is 15.6 Å². The maximum Gasteiger partial charge on any atom is 0.145 e. The predicted molar refractivity (Wildman–Crippen MR) is 77.4 cm³/mol. The van der Waals surface area contributed by atoms with Gasteiger partial charge in [-0.2, -0.15) is 0 Å². The van der Waals surface area contributed by atoms with Gasteiger partial charge in [0.05, 0.1) is 16.7 Å². The lowest BCUT2D eigenvalue weighted by Gasteiger charge is -2.43. The molecule has 1 fully saturated rings. The third-order valence-electron chi connectivity index (χ3n) is 4.38. The highest BCUT2D eigenvalue weighted by Gasteiger charge is 2.40. The highest BCUT2D eigenvalue weighted by Crippen LogP contribution is 2.41. The first-order chi connectivity index (χ1) is 9.53. The van der Waals surface area contributed by atoms with Crippen LogP contribution < -0.4 is 5.73 Å². The van der Waals surface area contributed by atoms with Crippen molar-refractivity contribution in [1.29, 1.82) is 0 Å². The smallest absolute Gasteiger partial charge is 0.145 e. The van der Waals surface area contributed by atoms with Crippen LogP contribution in [0.5, 0.6) is 0 Å². The van der Waals surface area contributed by atoms with Gasteiger partial charge in [-0.25, -0.2) is 4.39 Å². The molecule has 0 aliphatic heterocycles. The maximum atomic E-state index is 14.1. The number of ether oxygens (including phenoxy) is 1. The van der Waals surface area contributed by atoms with Crippen molar-refractivity contribution in [1.82, 2.24) is 0 Å². The molecule has 3 N–H and O–H groups in total. The Morgan fingerprint density at radius 1 is 1.50 bits per heavy atom. The van der Waals surface area contributed by atoms with Crippen LogP contribution in [-0.4, -0.2) is 30.5 Å². The van der Waals surface area contributed by atoms with Gasteiger partial charge in [0.25, 0.3) is 0 Å². The van der Waals surface area contributed by atoms with E-state index in [2.05, 4.69) is 0 Å². The van der Waals surface area contributed by atoms with Gasteiger partial charge in [0.1, 0.15) is 5.82 Å². The lowest BCUT2D eigenvalue weighted by molar-refractivity contribution is -0.102. The molecule has 0 saturated heterocycles. The van der Waals surface area contributed by atoms with Gasteiger partial charge >= 0.3 is 0 Å². The molecule has 0 heterocycles. The molecule has 20 heavy (non-hydrogen) atoms. The molecule has 0 bridgehead atoms. The number of methoxy groups -OCH3 is 1. The van der Waals surface area contributed by atoms with Gasteiger partial charge in [0, 0.05) is 26.0 Å². The van der Waals surface area contributed by atoms with Crippen molar-refractivity contribution in [2.75, 3.05) is 13.7 Å². The summed E-state index contributed by atoms with van der Waals surface area (Å²) in [6.45, 7) is 0.165. The summed E-state index contributed by atoms with van der Waals surface area (Å²) in [6, 6.07) is 4.79. The van der Waals surface area contributed by atoms with Crippen LogP contribution in [0.4, 0.5) is 4.39 Å². The molecule has 0 radical (unpaired) electrons. The Labute approximate surface area is 123 Å². The molecular formula is C15H21ClFNO2. The molecule has 0 amide bonds. The fraction of sp³-hybridized carbons (Fsp3) is 0.600. The van der Waals surface area contributed by atoms with Crippen LogP contribution in [0, 0.1) is 5.82 Å². The molecule has 1 saturated carbocycles. The molecule has 1 aliphatic rings. The van der Waals surface area contributed by atoms with Gasteiger partial charge in [-0.3, -0.25) is 0 Å². The zero-order valence-electron chi connectivity index (χ0n) is 11.6. The minimum absolute atomic E-state index is 0.0539. The summed E-state index contributed by atoms with van der Waals surface area (Å²) in [7, 11) is 1.66. The van der Waals surface area contributed by atoms with E-state index in [1.165, 1.54) is 6.07 Å². The fourth-order valence-electron chi connectivity index (χ4n) is 2.88. The van der Waals surface area contributed by atoms with E-state index in [9.17, 15) is 9.50 Å². The first kappa shape index (κ1) is 15.7. The van der Waals surface area contributed by atoms with Crippen molar-refractivity contribution in [2.24, 2.45) is 5.73 Å².